The van der Waals surface area contributed by atoms with E-state index in [0.29, 0.717) is 42.1 Å². The second kappa shape index (κ2) is 11.8. The van der Waals surface area contributed by atoms with Crippen LogP contribution in [0.5, 0.6) is 0 Å². The van der Waals surface area contributed by atoms with Gasteiger partial charge < -0.3 is 26.4 Å². The Morgan fingerprint density at radius 1 is 1.26 bits per heavy atom. The van der Waals surface area contributed by atoms with Crippen LogP contribution in [-0.2, 0) is 17.4 Å². The molecule has 1 fully saturated rings. The van der Waals surface area contributed by atoms with Crippen molar-refractivity contribution in [3.05, 3.63) is 59.8 Å². The van der Waals surface area contributed by atoms with E-state index in [1.807, 2.05) is 6.92 Å². The maximum absolute atomic E-state index is 13.4. The van der Waals surface area contributed by atoms with Gasteiger partial charge >= 0.3 is 6.18 Å². The fraction of sp³-hybridized carbons (Fsp3) is 0.370. The smallest absolute Gasteiger partial charge is 0.392 e. The zero-order valence-corrected chi connectivity index (χ0v) is 22.8. The molecule has 0 bridgehead atoms. The molecule has 0 spiro atoms. The fourth-order valence-corrected chi connectivity index (χ4v) is 4.88. The molecule has 12 nitrogen and oxygen atoms in total. The molecule has 3 aromatic heterocycles. The summed E-state index contributed by atoms with van der Waals surface area (Å²) in [5.74, 6) is -0.210. The lowest BCUT2D eigenvalue weighted by Gasteiger charge is -2.18. The highest BCUT2D eigenvalue weighted by atomic mass is 19.4. The van der Waals surface area contributed by atoms with Crippen molar-refractivity contribution in [3.8, 4) is 11.3 Å². The molecule has 1 aromatic carbocycles. The molecule has 0 radical (unpaired) electrons. The molecule has 0 saturated carbocycles. The van der Waals surface area contributed by atoms with Crippen molar-refractivity contribution < 1.29 is 27.9 Å². The molecule has 2 amide bonds. The first kappa shape index (κ1) is 29.0. The number of carbonyl (C=O) groups excluding carboxylic acids is 2. The number of β-amino-alcohol motifs (C(OH)–C–C–N with tert-alkyl or cyclic N) is 1. The van der Waals surface area contributed by atoms with Gasteiger partial charge in [0.25, 0.3) is 5.91 Å². The Morgan fingerprint density at radius 3 is 2.79 bits per heavy atom. The maximum Gasteiger partial charge on any atom is 0.435 e. The quantitative estimate of drug-likeness (QED) is 0.175. The molecular formula is C27H30F3N9O3. The number of aliphatic hydroxyl groups is 1. The van der Waals surface area contributed by atoms with Gasteiger partial charge in [-0.1, -0.05) is 6.92 Å². The minimum Gasteiger partial charge on any atom is -0.392 e. The molecule has 42 heavy (non-hydrogen) atoms. The second-order valence-corrected chi connectivity index (χ2v) is 10.1. The van der Waals surface area contributed by atoms with Crippen LogP contribution in [-0.4, -0.2) is 72.8 Å². The number of fused-ring (bicyclic) bond motifs is 1. The number of H-pyrrole nitrogens is 1. The van der Waals surface area contributed by atoms with E-state index in [2.05, 4.69) is 41.4 Å². The summed E-state index contributed by atoms with van der Waals surface area (Å²) >= 11 is 0. The van der Waals surface area contributed by atoms with Crippen LogP contribution in [0.2, 0.25) is 0 Å². The summed E-state index contributed by atoms with van der Waals surface area (Å²) in [7, 11) is 0. The second-order valence-electron chi connectivity index (χ2n) is 10.1. The Kier molecular flexibility index (Phi) is 8.13. The molecule has 1 unspecified atom stereocenters. The fourth-order valence-electron chi connectivity index (χ4n) is 4.88. The highest BCUT2D eigenvalue weighted by Gasteiger charge is 2.37. The standard InChI is InChI=1S/C27H30F3N9O3/c1-3-15-8-16(4-5-18(15)25(41)36-14(2)10-34-26(42)20-9-17(40)11-32-20)37-23-24-33-13-21(39(24)7-6-31-23)19-12-35-38-22(19)27(28,29)30/h4-8,12-14,17,20,32,40H,3,9-11H2,1-2H3,(H,31,37)(H,34,42)(H,35,38)(H,36,41)/t14?,17-,20+/m1/s1. The maximum atomic E-state index is 13.4. The van der Waals surface area contributed by atoms with Crippen LogP contribution >= 0.6 is 0 Å². The van der Waals surface area contributed by atoms with Gasteiger partial charge in [-0.05, 0) is 43.5 Å². The number of aromatic amines is 1. The highest BCUT2D eigenvalue weighted by Crippen LogP contribution is 2.36. The molecule has 5 rings (SSSR count). The zero-order chi connectivity index (χ0) is 30.0. The molecule has 3 atom stereocenters. The van der Waals surface area contributed by atoms with Gasteiger partial charge in [0.2, 0.25) is 5.91 Å². The molecule has 4 aromatic rings. The number of nitrogens with one attached hydrogen (secondary N) is 5. The molecule has 15 heteroatoms. The molecule has 0 aliphatic carbocycles. The van der Waals surface area contributed by atoms with Crippen LogP contribution in [0, 0.1) is 0 Å². The van der Waals surface area contributed by atoms with Crippen LogP contribution in [0.1, 0.15) is 41.9 Å². The van der Waals surface area contributed by atoms with Crippen molar-refractivity contribution in [2.24, 2.45) is 0 Å². The molecule has 4 heterocycles. The van der Waals surface area contributed by atoms with E-state index in [1.54, 1.807) is 25.1 Å². The van der Waals surface area contributed by atoms with Gasteiger partial charge in [-0.15, -0.1) is 0 Å². The monoisotopic (exact) mass is 585 g/mol. The van der Waals surface area contributed by atoms with Crippen LogP contribution < -0.4 is 21.3 Å². The lowest BCUT2D eigenvalue weighted by atomic mass is 10.0. The van der Waals surface area contributed by atoms with Crippen molar-refractivity contribution in [1.29, 1.82) is 0 Å². The van der Waals surface area contributed by atoms with Crippen molar-refractivity contribution in [2.75, 3.05) is 18.4 Å². The highest BCUT2D eigenvalue weighted by molar-refractivity contribution is 5.96. The average molecular weight is 586 g/mol. The van der Waals surface area contributed by atoms with Gasteiger partial charge in [0.15, 0.2) is 17.2 Å². The number of halogens is 3. The Morgan fingerprint density at radius 2 is 2.07 bits per heavy atom. The summed E-state index contributed by atoms with van der Waals surface area (Å²) in [6.07, 6.45) is 1.17. The van der Waals surface area contributed by atoms with Crippen molar-refractivity contribution in [2.45, 2.75) is 51.1 Å². The number of alkyl halides is 3. The Labute approximate surface area is 238 Å². The number of aliphatic hydroxyl groups excluding tert-OH is 1. The minimum atomic E-state index is -4.64. The SMILES string of the molecule is CCc1cc(Nc2nccn3c(-c4c[nH]nc4C(F)(F)F)cnc23)ccc1C(=O)NC(C)CNC(=O)[C@@H]1C[C@@H](O)CN1. The van der Waals surface area contributed by atoms with Gasteiger partial charge in [0.1, 0.15) is 0 Å². The number of nitrogens with zero attached hydrogens (tertiary/aromatic N) is 4. The van der Waals surface area contributed by atoms with Crippen LogP contribution in [0.3, 0.4) is 0 Å². The van der Waals surface area contributed by atoms with E-state index >= 15 is 0 Å². The van der Waals surface area contributed by atoms with E-state index in [9.17, 15) is 27.9 Å². The van der Waals surface area contributed by atoms with Gasteiger partial charge in [0, 0.05) is 49.0 Å². The van der Waals surface area contributed by atoms with E-state index in [0.717, 1.165) is 5.56 Å². The van der Waals surface area contributed by atoms with Gasteiger partial charge in [-0.2, -0.15) is 18.3 Å². The third-order valence-corrected chi connectivity index (χ3v) is 6.99. The predicted molar refractivity (Wildman–Crippen MR) is 147 cm³/mol. The Bertz CT molecular complexity index is 1600. The number of hydrogen-bond donors (Lipinski definition) is 6. The van der Waals surface area contributed by atoms with E-state index < -0.39 is 24.0 Å². The predicted octanol–water partition coefficient (Wildman–Crippen LogP) is 2.40. The summed E-state index contributed by atoms with van der Waals surface area (Å²) in [4.78, 5) is 33.9. The molecule has 1 aliphatic heterocycles. The lowest BCUT2D eigenvalue weighted by molar-refractivity contribution is -0.140. The number of aromatic nitrogens is 5. The van der Waals surface area contributed by atoms with Crippen LogP contribution in [0.15, 0.2) is 43.0 Å². The molecule has 1 saturated heterocycles. The number of benzene rings is 1. The molecule has 1 aliphatic rings. The van der Waals surface area contributed by atoms with Gasteiger partial charge in [-0.25, -0.2) is 9.97 Å². The number of amides is 2. The largest absolute Gasteiger partial charge is 0.435 e. The number of anilines is 2. The number of imidazole rings is 1. The topological polar surface area (TPSA) is 161 Å². The number of carbonyl (C=O) groups is 2. The first-order valence-electron chi connectivity index (χ1n) is 13.4. The normalized spacial score (nSPS) is 17.8. The first-order valence-corrected chi connectivity index (χ1v) is 13.4. The van der Waals surface area contributed by atoms with E-state index in [1.165, 1.54) is 29.2 Å². The van der Waals surface area contributed by atoms with E-state index in [4.69, 9.17) is 0 Å². The summed E-state index contributed by atoms with van der Waals surface area (Å²) in [6, 6.07) is 4.37. The first-order chi connectivity index (χ1) is 20.0. The Balaban J connectivity index is 1.28. The number of aryl methyl sites for hydroxylation is 1. The molecule has 6 N–H and O–H groups in total. The number of hydrogen-bond acceptors (Lipinski definition) is 8. The van der Waals surface area contributed by atoms with Crippen molar-refractivity contribution >= 4 is 29.0 Å². The van der Waals surface area contributed by atoms with E-state index in [-0.39, 0.29) is 35.7 Å². The van der Waals surface area contributed by atoms with Crippen molar-refractivity contribution in [1.82, 2.24) is 40.5 Å². The average Bonchev–Trinajstić information content (AvgIpc) is 3.71. The van der Waals surface area contributed by atoms with Crippen LogP contribution in [0.4, 0.5) is 24.7 Å². The van der Waals surface area contributed by atoms with Crippen molar-refractivity contribution in [3.63, 3.8) is 0 Å². The van der Waals surface area contributed by atoms with Gasteiger partial charge in [-0.3, -0.25) is 19.1 Å². The summed E-state index contributed by atoms with van der Waals surface area (Å²) in [6.45, 7) is 4.29. The summed E-state index contributed by atoms with van der Waals surface area (Å²) in [5, 5.41) is 27.0. The summed E-state index contributed by atoms with van der Waals surface area (Å²) < 4.78 is 41.7. The minimum absolute atomic E-state index is 0.140. The third kappa shape index (κ3) is 6.06. The Hall–Kier alpha value is -4.50. The lowest BCUT2D eigenvalue weighted by Crippen LogP contribution is -2.46. The number of rotatable bonds is 9. The van der Waals surface area contributed by atoms with Crippen LogP contribution in [0.25, 0.3) is 16.9 Å². The molecule has 222 valence electrons. The summed E-state index contributed by atoms with van der Waals surface area (Å²) in [5.41, 5.74) is 1.15. The molecular weight excluding hydrogens is 555 g/mol. The van der Waals surface area contributed by atoms with Gasteiger partial charge in [0.05, 0.1) is 29.6 Å². The zero-order valence-electron chi connectivity index (χ0n) is 22.8. The third-order valence-electron chi connectivity index (χ3n) is 6.99.